The first-order valence-corrected chi connectivity index (χ1v) is 11.9. The average molecular weight is 454 g/mol. The standard InChI is InChI=1S/C23H43BN2O6/c1-17(27)25-19(20(28)30-21(2,3)4)18(16-26-12-14-29-15-13-26)10-9-11-24-31-22(5,6)23(7,8)32-24/h18-19H,9-16H2,1-8H3,(H,25,27)/t18-,19+/m1/s1. The minimum atomic E-state index is -0.701. The first kappa shape index (κ1) is 27.1. The van der Waals surface area contributed by atoms with E-state index < -0.39 is 11.6 Å². The van der Waals surface area contributed by atoms with E-state index in [0.29, 0.717) is 19.8 Å². The average Bonchev–Trinajstić information content (AvgIpc) is 2.84. The number of esters is 1. The fourth-order valence-corrected chi connectivity index (χ4v) is 4.06. The second kappa shape index (κ2) is 10.8. The summed E-state index contributed by atoms with van der Waals surface area (Å²) in [6.07, 6.45) is 2.28. The lowest BCUT2D eigenvalue weighted by Crippen LogP contribution is -2.52. The molecule has 8 nitrogen and oxygen atoms in total. The number of carbonyl (C=O) groups excluding carboxylic acids is 2. The van der Waals surface area contributed by atoms with Crippen LogP contribution in [0.2, 0.25) is 6.32 Å². The molecule has 0 aromatic carbocycles. The maximum absolute atomic E-state index is 13.0. The lowest BCUT2D eigenvalue weighted by Gasteiger charge is -2.35. The molecule has 0 bridgehead atoms. The van der Waals surface area contributed by atoms with E-state index in [2.05, 4.69) is 10.2 Å². The van der Waals surface area contributed by atoms with Crippen LogP contribution >= 0.6 is 0 Å². The van der Waals surface area contributed by atoms with Gasteiger partial charge in [-0.2, -0.15) is 0 Å². The minimum absolute atomic E-state index is 0.0886. The summed E-state index contributed by atoms with van der Waals surface area (Å²) < 4.78 is 23.4. The highest BCUT2D eigenvalue weighted by Gasteiger charge is 2.50. The molecular weight excluding hydrogens is 411 g/mol. The maximum atomic E-state index is 13.0. The van der Waals surface area contributed by atoms with E-state index in [1.165, 1.54) is 6.92 Å². The normalized spacial score (nSPS) is 22.9. The Morgan fingerprint density at radius 1 is 1.09 bits per heavy atom. The van der Waals surface area contributed by atoms with Gasteiger partial charge in [0.2, 0.25) is 5.91 Å². The number of hydrogen-bond donors (Lipinski definition) is 1. The van der Waals surface area contributed by atoms with Crippen molar-refractivity contribution in [2.75, 3.05) is 32.8 Å². The Kier molecular flexibility index (Phi) is 9.18. The molecule has 2 fully saturated rings. The third-order valence-electron chi connectivity index (χ3n) is 6.40. The van der Waals surface area contributed by atoms with E-state index in [4.69, 9.17) is 18.8 Å². The van der Waals surface area contributed by atoms with Crippen molar-refractivity contribution in [1.29, 1.82) is 0 Å². The first-order valence-electron chi connectivity index (χ1n) is 11.9. The molecule has 2 atom stereocenters. The third-order valence-corrected chi connectivity index (χ3v) is 6.40. The van der Waals surface area contributed by atoms with E-state index in [1.54, 1.807) is 0 Å². The van der Waals surface area contributed by atoms with Crippen molar-refractivity contribution in [2.45, 2.75) is 97.4 Å². The lowest BCUT2D eigenvalue weighted by molar-refractivity contribution is -0.160. The van der Waals surface area contributed by atoms with Crippen LogP contribution in [0, 0.1) is 5.92 Å². The highest BCUT2D eigenvalue weighted by Crippen LogP contribution is 2.38. The van der Waals surface area contributed by atoms with Gasteiger partial charge in [-0.05, 0) is 61.2 Å². The van der Waals surface area contributed by atoms with Crippen LogP contribution in [0.4, 0.5) is 0 Å². The number of carbonyl (C=O) groups is 2. The first-order chi connectivity index (χ1) is 14.7. The molecule has 1 amide bonds. The van der Waals surface area contributed by atoms with Crippen molar-refractivity contribution in [1.82, 2.24) is 10.2 Å². The Morgan fingerprint density at radius 2 is 1.66 bits per heavy atom. The number of amides is 1. The molecule has 2 saturated heterocycles. The maximum Gasteiger partial charge on any atom is 0.457 e. The minimum Gasteiger partial charge on any atom is -0.458 e. The number of rotatable bonds is 9. The zero-order chi connectivity index (χ0) is 24.2. The van der Waals surface area contributed by atoms with Crippen molar-refractivity contribution < 1.29 is 28.4 Å². The van der Waals surface area contributed by atoms with Gasteiger partial charge >= 0.3 is 13.1 Å². The van der Waals surface area contributed by atoms with E-state index in [-0.39, 0.29) is 36.1 Å². The van der Waals surface area contributed by atoms with E-state index in [1.807, 2.05) is 48.5 Å². The molecule has 0 spiro atoms. The molecule has 0 saturated carbocycles. The molecule has 0 aromatic heterocycles. The number of morpholine rings is 1. The van der Waals surface area contributed by atoms with E-state index in [0.717, 1.165) is 32.3 Å². The molecule has 0 unspecified atom stereocenters. The highest BCUT2D eigenvalue weighted by molar-refractivity contribution is 6.45. The highest BCUT2D eigenvalue weighted by atomic mass is 16.7. The number of ether oxygens (including phenoxy) is 2. The van der Waals surface area contributed by atoms with Crippen molar-refractivity contribution in [3.63, 3.8) is 0 Å². The van der Waals surface area contributed by atoms with Crippen molar-refractivity contribution in [3.05, 3.63) is 0 Å². The van der Waals surface area contributed by atoms with Crippen LogP contribution in [0.3, 0.4) is 0 Å². The summed E-state index contributed by atoms with van der Waals surface area (Å²) in [6.45, 7) is 18.8. The van der Waals surface area contributed by atoms with Gasteiger partial charge in [0.25, 0.3) is 0 Å². The summed E-state index contributed by atoms with van der Waals surface area (Å²) >= 11 is 0. The number of nitrogens with zero attached hydrogens (tertiary/aromatic N) is 1. The van der Waals surface area contributed by atoms with Gasteiger partial charge in [-0.15, -0.1) is 0 Å². The molecule has 9 heteroatoms. The van der Waals surface area contributed by atoms with Crippen LogP contribution in [-0.4, -0.2) is 79.6 Å². The van der Waals surface area contributed by atoms with Crippen LogP contribution < -0.4 is 5.32 Å². The van der Waals surface area contributed by atoms with Crippen molar-refractivity contribution >= 4 is 19.0 Å². The zero-order valence-corrected chi connectivity index (χ0v) is 21.3. The van der Waals surface area contributed by atoms with Crippen LogP contribution in [0.5, 0.6) is 0 Å². The summed E-state index contributed by atoms with van der Waals surface area (Å²) in [6, 6.07) is -0.701. The van der Waals surface area contributed by atoms with Crippen LogP contribution in [0.1, 0.15) is 68.2 Å². The Balaban J connectivity index is 2.08. The molecule has 184 valence electrons. The second-order valence-electron chi connectivity index (χ2n) is 11.0. The van der Waals surface area contributed by atoms with Crippen LogP contribution in [-0.2, 0) is 28.4 Å². The van der Waals surface area contributed by atoms with Gasteiger partial charge in [-0.1, -0.05) is 6.42 Å². The summed E-state index contributed by atoms with van der Waals surface area (Å²) in [5.41, 5.74) is -1.35. The number of hydrogen-bond acceptors (Lipinski definition) is 7. The Morgan fingerprint density at radius 3 is 2.16 bits per heavy atom. The van der Waals surface area contributed by atoms with E-state index >= 15 is 0 Å². The largest absolute Gasteiger partial charge is 0.458 e. The second-order valence-corrected chi connectivity index (χ2v) is 11.0. The Bertz CT molecular complexity index is 627. The van der Waals surface area contributed by atoms with Gasteiger partial charge in [0.1, 0.15) is 11.6 Å². The predicted molar refractivity (Wildman–Crippen MR) is 124 cm³/mol. The molecule has 0 aliphatic carbocycles. The molecule has 1 N–H and O–H groups in total. The molecule has 2 heterocycles. The van der Waals surface area contributed by atoms with E-state index in [9.17, 15) is 9.59 Å². The molecule has 2 aliphatic rings. The molecule has 2 aliphatic heterocycles. The van der Waals surface area contributed by atoms with Crippen LogP contribution in [0.25, 0.3) is 0 Å². The van der Waals surface area contributed by atoms with Gasteiger partial charge in [-0.25, -0.2) is 4.79 Å². The topological polar surface area (TPSA) is 86.3 Å². The number of nitrogens with one attached hydrogen (secondary N) is 1. The quantitative estimate of drug-likeness (QED) is 0.424. The Labute approximate surface area is 194 Å². The summed E-state index contributed by atoms with van der Waals surface area (Å²) in [5.74, 6) is -0.713. The Hall–Kier alpha value is -1.16. The molecule has 2 rings (SSSR count). The third kappa shape index (κ3) is 8.01. The lowest BCUT2D eigenvalue weighted by atomic mass is 9.80. The molecular formula is C23H43BN2O6. The fraction of sp³-hybridized carbons (Fsp3) is 0.913. The van der Waals surface area contributed by atoms with Gasteiger partial charge in [0, 0.05) is 32.5 Å². The summed E-state index contributed by atoms with van der Waals surface area (Å²) in [7, 11) is -0.273. The summed E-state index contributed by atoms with van der Waals surface area (Å²) in [4.78, 5) is 27.3. The summed E-state index contributed by atoms with van der Waals surface area (Å²) in [5, 5.41) is 2.86. The van der Waals surface area contributed by atoms with Crippen molar-refractivity contribution in [3.8, 4) is 0 Å². The smallest absolute Gasteiger partial charge is 0.457 e. The molecule has 0 aromatic rings. The van der Waals surface area contributed by atoms with Crippen molar-refractivity contribution in [2.24, 2.45) is 5.92 Å². The van der Waals surface area contributed by atoms with Gasteiger partial charge < -0.3 is 24.1 Å². The predicted octanol–water partition coefficient (Wildman–Crippen LogP) is 2.65. The molecule has 32 heavy (non-hydrogen) atoms. The monoisotopic (exact) mass is 454 g/mol. The van der Waals surface area contributed by atoms with Gasteiger partial charge in [-0.3, -0.25) is 9.69 Å². The van der Waals surface area contributed by atoms with Crippen LogP contribution in [0.15, 0.2) is 0 Å². The zero-order valence-electron chi connectivity index (χ0n) is 21.3. The fourth-order valence-electron chi connectivity index (χ4n) is 4.06. The molecule has 0 radical (unpaired) electrons. The van der Waals surface area contributed by atoms with Gasteiger partial charge in [0.15, 0.2) is 0 Å². The van der Waals surface area contributed by atoms with Gasteiger partial charge in [0.05, 0.1) is 24.4 Å². The SMILES string of the molecule is CC(=O)N[C@H](C(=O)OC(C)(C)C)[C@H](CCCB1OC(C)(C)C(C)(C)O1)CN1CCOCC1.